The molecule has 0 aliphatic carbocycles. The maximum absolute atomic E-state index is 10.8. The van der Waals surface area contributed by atoms with Crippen LogP contribution >= 0.6 is 23.2 Å². The van der Waals surface area contributed by atoms with Gasteiger partial charge >= 0.3 is 5.38 Å². The van der Waals surface area contributed by atoms with E-state index >= 15 is 0 Å². The molecule has 10 heavy (non-hydrogen) atoms. The first-order valence-corrected chi connectivity index (χ1v) is 3.09. The molecule has 64 valence electrons. The molecule has 0 aliphatic heterocycles. The van der Waals surface area contributed by atoms with Crippen LogP contribution < -0.4 is 0 Å². The van der Waals surface area contributed by atoms with Gasteiger partial charge in [-0.3, -0.25) is 0 Å². The summed E-state index contributed by atoms with van der Waals surface area (Å²) in [4.78, 5) is 0. The molecule has 0 rings (SSSR count). The lowest BCUT2D eigenvalue weighted by Gasteiger charge is -1.90. The van der Waals surface area contributed by atoms with Crippen molar-refractivity contribution in [1.82, 2.24) is 0 Å². The predicted octanol–water partition coefficient (Wildman–Crippen LogP) is 3.33. The molecule has 0 saturated carbocycles. The Morgan fingerprint density at radius 1 is 1.40 bits per heavy atom. The molecule has 0 saturated heterocycles. The second-order valence-electron chi connectivity index (χ2n) is 1.33. The monoisotopic (exact) mass is 200 g/mol. The fourth-order valence-electron chi connectivity index (χ4n) is 0. The van der Waals surface area contributed by atoms with E-state index in [9.17, 15) is 17.6 Å². The van der Waals surface area contributed by atoms with Crippen molar-refractivity contribution in [3.8, 4) is 0 Å². The van der Waals surface area contributed by atoms with Crippen molar-refractivity contribution in [2.75, 3.05) is 5.88 Å². The molecule has 0 unspecified atom stereocenters. The van der Waals surface area contributed by atoms with Gasteiger partial charge in [-0.15, -0.1) is 11.6 Å². The van der Waals surface area contributed by atoms with E-state index in [4.69, 9.17) is 0 Å². The summed E-state index contributed by atoms with van der Waals surface area (Å²) in [5, 5.41) is -3.03. The van der Waals surface area contributed by atoms with Crippen LogP contribution in [-0.4, -0.2) is 17.7 Å². The van der Waals surface area contributed by atoms with E-state index in [0.717, 1.165) is 0 Å². The van der Waals surface area contributed by atoms with E-state index in [-0.39, 0.29) is 0 Å². The van der Waals surface area contributed by atoms with Crippen molar-refractivity contribution in [3.05, 3.63) is 0 Å². The van der Waals surface area contributed by atoms with Crippen LogP contribution in [0, 0.1) is 0 Å². The van der Waals surface area contributed by atoms with Crippen molar-refractivity contribution in [2.24, 2.45) is 0 Å². The summed E-state index contributed by atoms with van der Waals surface area (Å²) >= 11 is 8.78. The molecular weight excluding hydrogens is 195 g/mol. The minimum atomic E-state index is -3.03. The van der Waals surface area contributed by atoms with Crippen molar-refractivity contribution < 1.29 is 17.6 Å². The van der Waals surface area contributed by atoms with Gasteiger partial charge in [0.25, 0.3) is 6.43 Å². The largest absolute Gasteiger partial charge is 0.318 e. The summed E-state index contributed by atoms with van der Waals surface area (Å²) in [5.74, 6) is -0.556. The molecule has 0 N–H and O–H groups in total. The van der Waals surface area contributed by atoms with E-state index in [0.29, 0.717) is 6.92 Å². The predicted molar refractivity (Wildman–Crippen MR) is 33.2 cm³/mol. The van der Waals surface area contributed by atoms with Gasteiger partial charge < -0.3 is 0 Å². The van der Waals surface area contributed by atoms with Gasteiger partial charge in [-0.25, -0.2) is 8.78 Å². The van der Waals surface area contributed by atoms with E-state index in [1.807, 2.05) is 0 Å². The Hall–Kier alpha value is 0.300. The molecule has 0 amide bonds. The van der Waals surface area contributed by atoms with Gasteiger partial charge in [-0.05, 0) is 11.6 Å². The zero-order valence-electron chi connectivity index (χ0n) is 5.05. The number of alkyl halides is 6. The van der Waals surface area contributed by atoms with E-state index in [1.165, 1.54) is 0 Å². The number of hydrogen-bond donors (Lipinski definition) is 0. The Morgan fingerprint density at radius 2 is 1.50 bits per heavy atom. The number of rotatable bonds is 1. The third-order valence-corrected chi connectivity index (χ3v) is 0.350. The van der Waals surface area contributed by atoms with Crippen LogP contribution in [0.1, 0.15) is 6.92 Å². The minimum Gasteiger partial charge on any atom is -0.209 e. The Bertz CT molecular complexity index is 64.1. The third-order valence-electron chi connectivity index (χ3n) is 0.117. The van der Waals surface area contributed by atoms with E-state index in [1.54, 1.807) is 0 Å². The van der Waals surface area contributed by atoms with Crippen LogP contribution in [0.4, 0.5) is 17.6 Å². The number of halogens is 6. The highest BCUT2D eigenvalue weighted by molar-refractivity contribution is 6.21. The SMILES string of the molecule is CC(F)(F)Cl.FC(F)CCl. The molecule has 0 aromatic heterocycles. The van der Waals surface area contributed by atoms with Crippen LogP contribution in [-0.2, 0) is 0 Å². The second kappa shape index (κ2) is 6.04. The molecule has 0 fully saturated rings. The summed E-state index contributed by atoms with van der Waals surface area (Å²) in [5.41, 5.74) is 0. The Balaban J connectivity index is 0. The summed E-state index contributed by atoms with van der Waals surface area (Å²) < 4.78 is 42.8. The maximum atomic E-state index is 10.8. The molecule has 0 atom stereocenters. The average Bonchev–Trinajstić information content (AvgIpc) is 1.61. The van der Waals surface area contributed by atoms with Crippen LogP contribution in [0.2, 0.25) is 0 Å². The van der Waals surface area contributed by atoms with Crippen LogP contribution in [0.25, 0.3) is 0 Å². The Morgan fingerprint density at radius 3 is 1.50 bits per heavy atom. The molecule has 0 nitrogen and oxygen atoms in total. The highest BCUT2D eigenvalue weighted by Crippen LogP contribution is 2.15. The first kappa shape index (κ1) is 12.9. The van der Waals surface area contributed by atoms with Gasteiger partial charge in [0.05, 0.1) is 5.88 Å². The zero-order valence-corrected chi connectivity index (χ0v) is 6.56. The maximum Gasteiger partial charge on any atom is 0.318 e. The highest BCUT2D eigenvalue weighted by Gasteiger charge is 2.12. The van der Waals surface area contributed by atoms with Gasteiger partial charge in [0.15, 0.2) is 0 Å². The fraction of sp³-hybridized carbons (Fsp3) is 1.00. The van der Waals surface area contributed by atoms with Gasteiger partial charge in [-0.1, -0.05) is 0 Å². The van der Waals surface area contributed by atoms with Crippen molar-refractivity contribution >= 4 is 23.2 Å². The minimum absolute atomic E-state index is 0.556. The third kappa shape index (κ3) is 83.6. The van der Waals surface area contributed by atoms with Crippen LogP contribution in [0.15, 0.2) is 0 Å². The normalized spacial score (nSPS) is 10.8. The average molecular weight is 201 g/mol. The first-order chi connectivity index (χ1) is 4.27. The standard InChI is InChI=1S/2C2H3ClF2/c1-2(3,4)5;3-1-2(4)5/h1H3;2H,1H2. The highest BCUT2D eigenvalue weighted by atomic mass is 35.5. The smallest absolute Gasteiger partial charge is 0.209 e. The lowest BCUT2D eigenvalue weighted by atomic mass is 10.9. The summed E-state index contributed by atoms with van der Waals surface area (Å²) in [6.07, 6.45) is -2.35. The summed E-state index contributed by atoms with van der Waals surface area (Å²) in [6, 6.07) is 0. The zero-order chi connectivity index (χ0) is 8.78. The molecular formula is C4H6Cl2F4. The van der Waals surface area contributed by atoms with Crippen LogP contribution in [0.5, 0.6) is 0 Å². The summed E-state index contributed by atoms with van der Waals surface area (Å²) in [6.45, 7) is 0.620. The van der Waals surface area contributed by atoms with E-state index in [2.05, 4.69) is 23.2 Å². The van der Waals surface area contributed by atoms with Crippen molar-refractivity contribution in [3.63, 3.8) is 0 Å². The molecule has 0 spiro atoms. The lowest BCUT2D eigenvalue weighted by Crippen LogP contribution is -1.92. The second-order valence-corrected chi connectivity index (χ2v) is 2.30. The Kier molecular flexibility index (Phi) is 7.81. The van der Waals surface area contributed by atoms with Gasteiger partial charge in [0.2, 0.25) is 0 Å². The summed E-state index contributed by atoms with van der Waals surface area (Å²) in [7, 11) is 0. The topological polar surface area (TPSA) is 0 Å². The lowest BCUT2D eigenvalue weighted by molar-refractivity contribution is 0.119. The van der Waals surface area contributed by atoms with E-state index < -0.39 is 17.7 Å². The molecule has 0 bridgehead atoms. The van der Waals surface area contributed by atoms with Gasteiger partial charge in [0.1, 0.15) is 0 Å². The van der Waals surface area contributed by atoms with Crippen LogP contribution in [0.3, 0.4) is 0 Å². The molecule has 0 radical (unpaired) electrons. The quantitative estimate of drug-likeness (QED) is 0.450. The van der Waals surface area contributed by atoms with Gasteiger partial charge in [-0.2, -0.15) is 8.78 Å². The molecule has 0 heterocycles. The number of hydrogen-bond acceptors (Lipinski definition) is 0. The molecule has 0 aromatic carbocycles. The Labute approximate surface area is 66.1 Å². The first-order valence-electron chi connectivity index (χ1n) is 2.18. The molecule has 0 aromatic rings. The van der Waals surface area contributed by atoms with Crippen molar-refractivity contribution in [1.29, 1.82) is 0 Å². The van der Waals surface area contributed by atoms with Crippen molar-refractivity contribution in [2.45, 2.75) is 18.7 Å². The van der Waals surface area contributed by atoms with Gasteiger partial charge in [0, 0.05) is 6.92 Å². The molecule has 0 aliphatic rings. The molecule has 6 heteroatoms. The fourth-order valence-corrected chi connectivity index (χ4v) is 0.